The molecule has 1 aromatic rings. The zero-order valence-electron chi connectivity index (χ0n) is 15.5. The summed E-state index contributed by atoms with van der Waals surface area (Å²) in [6, 6.07) is 4.48. The fourth-order valence-corrected chi connectivity index (χ4v) is 3.15. The Kier molecular flexibility index (Phi) is 7.26. The van der Waals surface area contributed by atoms with Gasteiger partial charge < -0.3 is 24.6 Å². The Morgan fingerprint density at radius 2 is 2.00 bits per heavy atom. The minimum absolute atomic E-state index is 0.106. The van der Waals surface area contributed by atoms with Crippen LogP contribution in [0.5, 0.6) is 11.5 Å². The minimum Gasteiger partial charge on any atom is -0.493 e. The van der Waals surface area contributed by atoms with Crippen molar-refractivity contribution < 1.29 is 28.9 Å². The van der Waals surface area contributed by atoms with Gasteiger partial charge in [0.2, 0.25) is 5.91 Å². The molecule has 3 unspecified atom stereocenters. The van der Waals surface area contributed by atoms with Crippen LogP contribution in [0.4, 0.5) is 0 Å². The molecule has 7 heteroatoms. The molecule has 0 aromatic heterocycles. The molecule has 3 atom stereocenters. The Morgan fingerprint density at radius 3 is 2.58 bits per heavy atom. The second kappa shape index (κ2) is 9.43. The fraction of sp³-hybridized carbons (Fsp3) is 0.579. The topological polar surface area (TPSA) is 94.1 Å². The maximum atomic E-state index is 12.3. The van der Waals surface area contributed by atoms with Crippen LogP contribution in [0.1, 0.15) is 50.6 Å². The molecule has 0 radical (unpaired) electrons. The van der Waals surface area contributed by atoms with Crippen molar-refractivity contribution >= 4 is 11.9 Å². The van der Waals surface area contributed by atoms with E-state index in [1.54, 1.807) is 18.2 Å². The number of ether oxygens (including phenoxy) is 3. The van der Waals surface area contributed by atoms with E-state index in [0.29, 0.717) is 29.9 Å². The third-order valence-corrected chi connectivity index (χ3v) is 4.54. The molecule has 144 valence electrons. The van der Waals surface area contributed by atoms with E-state index >= 15 is 0 Å². The van der Waals surface area contributed by atoms with Gasteiger partial charge in [0.1, 0.15) is 0 Å². The summed E-state index contributed by atoms with van der Waals surface area (Å²) in [6.07, 6.45) is 3.06. The van der Waals surface area contributed by atoms with Gasteiger partial charge in [0.25, 0.3) is 0 Å². The summed E-state index contributed by atoms with van der Waals surface area (Å²) < 4.78 is 16.2. The Labute approximate surface area is 153 Å². The second-order valence-electron chi connectivity index (χ2n) is 6.52. The van der Waals surface area contributed by atoms with Gasteiger partial charge in [-0.2, -0.15) is 0 Å². The van der Waals surface area contributed by atoms with Crippen molar-refractivity contribution in [1.82, 2.24) is 5.32 Å². The molecule has 1 fully saturated rings. The number of aliphatic carboxylic acids is 1. The number of nitrogens with one attached hydrogen (secondary N) is 1. The van der Waals surface area contributed by atoms with Crippen LogP contribution in [0, 0.1) is 0 Å². The monoisotopic (exact) mass is 365 g/mol. The largest absolute Gasteiger partial charge is 0.493 e. The Morgan fingerprint density at radius 1 is 1.27 bits per heavy atom. The van der Waals surface area contributed by atoms with E-state index < -0.39 is 12.0 Å². The number of carbonyl (C=O) groups excluding carboxylic acids is 1. The van der Waals surface area contributed by atoms with Crippen LogP contribution >= 0.6 is 0 Å². The SMILES string of the molecule is COc1ccc(C(CC(=O)O)NC(=O)CCC2CCC(C)O2)cc1OC. The summed E-state index contributed by atoms with van der Waals surface area (Å²) in [4.78, 5) is 23.5. The van der Waals surface area contributed by atoms with Crippen LogP contribution in [0.25, 0.3) is 0 Å². The molecule has 0 bridgehead atoms. The van der Waals surface area contributed by atoms with Gasteiger partial charge >= 0.3 is 5.97 Å². The van der Waals surface area contributed by atoms with Crippen LogP contribution < -0.4 is 14.8 Å². The highest BCUT2D eigenvalue weighted by atomic mass is 16.5. The number of amides is 1. The molecule has 1 aliphatic heterocycles. The quantitative estimate of drug-likeness (QED) is 0.699. The molecule has 1 aliphatic rings. The number of carboxylic acid groups (broad SMARTS) is 1. The molecular formula is C19H27NO6. The third kappa shape index (κ3) is 5.62. The number of benzene rings is 1. The van der Waals surface area contributed by atoms with Gasteiger partial charge in [-0.25, -0.2) is 0 Å². The summed E-state index contributed by atoms with van der Waals surface area (Å²) >= 11 is 0. The van der Waals surface area contributed by atoms with Gasteiger partial charge in [-0.15, -0.1) is 0 Å². The van der Waals surface area contributed by atoms with E-state index in [4.69, 9.17) is 14.2 Å². The molecule has 0 aliphatic carbocycles. The lowest BCUT2D eigenvalue weighted by atomic mass is 10.0. The molecule has 0 saturated carbocycles. The number of carboxylic acids is 1. The van der Waals surface area contributed by atoms with Gasteiger partial charge in [0.05, 0.1) is 38.9 Å². The maximum absolute atomic E-state index is 12.3. The number of rotatable bonds is 9. The molecule has 0 spiro atoms. The van der Waals surface area contributed by atoms with Crippen molar-refractivity contribution in [3.8, 4) is 11.5 Å². The molecule has 1 aromatic carbocycles. The van der Waals surface area contributed by atoms with Crippen molar-refractivity contribution in [3.63, 3.8) is 0 Å². The van der Waals surface area contributed by atoms with Crippen molar-refractivity contribution in [3.05, 3.63) is 23.8 Å². The molecule has 2 N–H and O–H groups in total. The van der Waals surface area contributed by atoms with E-state index in [2.05, 4.69) is 5.32 Å². The van der Waals surface area contributed by atoms with Gasteiger partial charge in [0, 0.05) is 6.42 Å². The van der Waals surface area contributed by atoms with Gasteiger partial charge in [0.15, 0.2) is 11.5 Å². The first-order valence-corrected chi connectivity index (χ1v) is 8.81. The first-order chi connectivity index (χ1) is 12.4. The van der Waals surface area contributed by atoms with E-state index in [0.717, 1.165) is 12.8 Å². The first-order valence-electron chi connectivity index (χ1n) is 8.81. The smallest absolute Gasteiger partial charge is 0.305 e. The average molecular weight is 365 g/mol. The van der Waals surface area contributed by atoms with Crippen molar-refractivity contribution in [1.29, 1.82) is 0 Å². The summed E-state index contributed by atoms with van der Waals surface area (Å²) in [7, 11) is 3.04. The van der Waals surface area contributed by atoms with Crippen LogP contribution in [0.3, 0.4) is 0 Å². The van der Waals surface area contributed by atoms with Crippen LogP contribution in [-0.4, -0.2) is 43.4 Å². The van der Waals surface area contributed by atoms with Crippen LogP contribution in [0.2, 0.25) is 0 Å². The summed E-state index contributed by atoms with van der Waals surface area (Å²) in [5.41, 5.74) is 0.657. The molecule has 2 rings (SSSR count). The summed E-state index contributed by atoms with van der Waals surface area (Å²) in [5, 5.41) is 12.0. The highest BCUT2D eigenvalue weighted by molar-refractivity contribution is 5.77. The lowest BCUT2D eigenvalue weighted by Gasteiger charge is -2.19. The van der Waals surface area contributed by atoms with Gasteiger partial charge in [-0.05, 0) is 43.9 Å². The predicted molar refractivity (Wildman–Crippen MR) is 95.5 cm³/mol. The van der Waals surface area contributed by atoms with Crippen molar-refractivity contribution in [2.24, 2.45) is 0 Å². The normalized spacial score (nSPS) is 20.4. The molecule has 7 nitrogen and oxygen atoms in total. The van der Waals surface area contributed by atoms with Crippen LogP contribution in [0.15, 0.2) is 18.2 Å². The highest BCUT2D eigenvalue weighted by Crippen LogP contribution is 2.31. The highest BCUT2D eigenvalue weighted by Gasteiger charge is 2.24. The summed E-state index contributed by atoms with van der Waals surface area (Å²) in [5.74, 6) is -0.139. The van der Waals surface area contributed by atoms with E-state index in [9.17, 15) is 14.7 Å². The second-order valence-corrected chi connectivity index (χ2v) is 6.52. The van der Waals surface area contributed by atoms with E-state index in [1.165, 1.54) is 14.2 Å². The number of carbonyl (C=O) groups is 2. The van der Waals surface area contributed by atoms with Crippen molar-refractivity contribution in [2.45, 2.75) is 57.3 Å². The molecule has 1 amide bonds. The molecule has 1 saturated heterocycles. The lowest BCUT2D eigenvalue weighted by molar-refractivity contribution is -0.137. The molecule has 26 heavy (non-hydrogen) atoms. The van der Waals surface area contributed by atoms with E-state index in [1.807, 2.05) is 6.92 Å². The summed E-state index contributed by atoms with van der Waals surface area (Å²) in [6.45, 7) is 2.03. The van der Waals surface area contributed by atoms with Gasteiger partial charge in [-0.3, -0.25) is 9.59 Å². The molecular weight excluding hydrogens is 338 g/mol. The van der Waals surface area contributed by atoms with Gasteiger partial charge in [-0.1, -0.05) is 6.07 Å². The standard InChI is InChI=1S/C19H27NO6/c1-12-4-6-14(26-12)7-9-18(21)20-15(11-19(22)23)13-5-8-16(24-2)17(10-13)25-3/h5,8,10,12,14-15H,4,6-7,9,11H2,1-3H3,(H,20,21)(H,22,23). The molecule has 1 heterocycles. The third-order valence-electron chi connectivity index (χ3n) is 4.54. The predicted octanol–water partition coefficient (Wildman–Crippen LogP) is 2.68. The zero-order chi connectivity index (χ0) is 19.1. The number of methoxy groups -OCH3 is 2. The fourth-order valence-electron chi connectivity index (χ4n) is 3.15. The number of hydrogen-bond donors (Lipinski definition) is 2. The maximum Gasteiger partial charge on any atom is 0.305 e. The first kappa shape index (κ1) is 20.0. The Hall–Kier alpha value is -2.28. The number of hydrogen-bond acceptors (Lipinski definition) is 5. The minimum atomic E-state index is -0.988. The van der Waals surface area contributed by atoms with E-state index in [-0.39, 0.29) is 24.5 Å². The average Bonchev–Trinajstić information content (AvgIpc) is 3.03. The lowest BCUT2D eigenvalue weighted by Crippen LogP contribution is -2.30. The Bertz CT molecular complexity index is 632. The van der Waals surface area contributed by atoms with Crippen molar-refractivity contribution in [2.75, 3.05) is 14.2 Å². The zero-order valence-corrected chi connectivity index (χ0v) is 15.5. The Balaban J connectivity index is 2.02. The van der Waals surface area contributed by atoms with Crippen LogP contribution in [-0.2, 0) is 14.3 Å².